The molecule has 276 valence electrons. The fourth-order valence-electron chi connectivity index (χ4n) is 8.77. The van der Waals surface area contributed by atoms with Crippen LogP contribution in [0.4, 0.5) is 5.69 Å². The van der Waals surface area contributed by atoms with Crippen LogP contribution in [0.1, 0.15) is 78.9 Å². The van der Waals surface area contributed by atoms with Gasteiger partial charge in [-0.3, -0.25) is 14.5 Å². The van der Waals surface area contributed by atoms with Crippen molar-refractivity contribution in [2.75, 3.05) is 75.6 Å². The molecule has 1 saturated carbocycles. The number of benzene rings is 2. The monoisotopic (exact) mass is 717 g/mol. The molecule has 1 saturated heterocycles. The third-order valence-corrected chi connectivity index (χ3v) is 14.0. The van der Waals surface area contributed by atoms with Gasteiger partial charge in [-0.25, -0.2) is 4.21 Å². The lowest BCUT2D eigenvalue weighted by Gasteiger charge is -2.46. The van der Waals surface area contributed by atoms with Gasteiger partial charge in [0.1, 0.15) is 11.5 Å². The molecule has 9 nitrogen and oxygen atoms in total. The van der Waals surface area contributed by atoms with Crippen LogP contribution in [-0.4, -0.2) is 97.6 Å². The SMILES string of the molecule is CCC(=O)C[S@@]1(=O)=NC(=O)c2ccc3c(c2)N(C[C@@H]2CC[C@H]2[C@@H](OCCN2CCOCC2)/C=C/CCC1)C[C@@]1(CCCc2cc(C)ccc21)CO3. The highest BCUT2D eigenvalue weighted by atomic mass is 32.2. The van der Waals surface area contributed by atoms with E-state index in [4.69, 9.17) is 14.2 Å². The highest BCUT2D eigenvalue weighted by Crippen LogP contribution is 2.47. The highest BCUT2D eigenvalue weighted by Gasteiger charge is 2.44. The molecule has 1 amide bonds. The number of fused-ring (bicyclic) bond motifs is 4. The van der Waals surface area contributed by atoms with Crippen LogP contribution in [0.3, 0.4) is 0 Å². The Morgan fingerprint density at radius 2 is 1.98 bits per heavy atom. The largest absolute Gasteiger partial charge is 0.490 e. The van der Waals surface area contributed by atoms with Gasteiger partial charge in [-0.2, -0.15) is 4.36 Å². The number of morpholine rings is 1. The van der Waals surface area contributed by atoms with Crippen LogP contribution in [-0.2, 0) is 35.8 Å². The molecule has 5 aliphatic rings. The van der Waals surface area contributed by atoms with Crippen molar-refractivity contribution in [1.82, 2.24) is 4.90 Å². The number of amides is 1. The molecule has 1 spiro atoms. The number of nitrogens with zero attached hydrogens (tertiary/aromatic N) is 3. The lowest BCUT2D eigenvalue weighted by Crippen LogP contribution is -2.50. The molecule has 2 aromatic carbocycles. The number of carbonyl (C=O) groups excluding carboxylic acids is 2. The zero-order chi connectivity index (χ0) is 35.4. The number of carbonyl (C=O) groups is 2. The molecular weight excluding hydrogens is 663 g/mol. The van der Waals surface area contributed by atoms with Gasteiger partial charge in [0, 0.05) is 55.9 Å². The van der Waals surface area contributed by atoms with Crippen molar-refractivity contribution in [3.05, 3.63) is 70.8 Å². The topological polar surface area (TPSA) is 97.7 Å². The van der Waals surface area contributed by atoms with Gasteiger partial charge in [0.05, 0.1) is 53.7 Å². The Morgan fingerprint density at radius 3 is 2.78 bits per heavy atom. The second kappa shape index (κ2) is 15.9. The first kappa shape index (κ1) is 36.3. The minimum absolute atomic E-state index is 0.0173. The number of allylic oxidation sites excluding steroid dienone is 1. The third-order valence-electron chi connectivity index (χ3n) is 11.8. The molecule has 10 heteroatoms. The number of Topliss-reactive ketones (excluding diaryl/α,β-unsaturated/α-hetero) is 1. The van der Waals surface area contributed by atoms with Gasteiger partial charge in [-0.15, -0.1) is 0 Å². The normalized spacial score (nSPS) is 30.6. The maximum atomic E-state index is 14.1. The number of rotatable bonds is 7. The van der Waals surface area contributed by atoms with E-state index in [1.165, 1.54) is 16.7 Å². The molecule has 2 aromatic rings. The third kappa shape index (κ3) is 8.29. The quantitative estimate of drug-likeness (QED) is 0.315. The second-order valence-electron chi connectivity index (χ2n) is 15.4. The average Bonchev–Trinajstić information content (AvgIpc) is 3.26. The number of hydrogen-bond donors (Lipinski definition) is 0. The number of aryl methyl sites for hydroxylation is 2. The van der Waals surface area contributed by atoms with E-state index in [1.54, 1.807) is 13.0 Å². The fourth-order valence-corrected chi connectivity index (χ4v) is 10.8. The highest BCUT2D eigenvalue weighted by molar-refractivity contribution is 7.94. The van der Waals surface area contributed by atoms with Crippen molar-refractivity contribution in [2.24, 2.45) is 16.2 Å². The summed E-state index contributed by atoms with van der Waals surface area (Å²) in [5.41, 5.74) is 5.16. The van der Waals surface area contributed by atoms with E-state index in [9.17, 15) is 13.8 Å². The van der Waals surface area contributed by atoms with Gasteiger partial charge in [0.25, 0.3) is 5.91 Å². The summed E-state index contributed by atoms with van der Waals surface area (Å²) in [6, 6.07) is 12.4. The van der Waals surface area contributed by atoms with Crippen molar-refractivity contribution in [3.8, 4) is 5.75 Å². The van der Waals surface area contributed by atoms with Gasteiger partial charge in [-0.1, -0.05) is 42.8 Å². The first-order chi connectivity index (χ1) is 24.7. The molecular formula is C41H55N3O6S. The minimum Gasteiger partial charge on any atom is -0.490 e. The Bertz CT molecular complexity index is 1740. The predicted molar refractivity (Wildman–Crippen MR) is 201 cm³/mol. The van der Waals surface area contributed by atoms with Crippen molar-refractivity contribution in [2.45, 2.75) is 76.7 Å². The maximum Gasteiger partial charge on any atom is 0.285 e. The molecule has 2 aliphatic carbocycles. The summed E-state index contributed by atoms with van der Waals surface area (Å²) in [4.78, 5) is 31.2. The molecule has 2 fully saturated rings. The summed E-state index contributed by atoms with van der Waals surface area (Å²) in [5.74, 6) is 0.892. The van der Waals surface area contributed by atoms with Crippen LogP contribution in [0.15, 0.2) is 52.9 Å². The van der Waals surface area contributed by atoms with Gasteiger partial charge >= 0.3 is 0 Å². The maximum absolute atomic E-state index is 14.1. The van der Waals surface area contributed by atoms with Gasteiger partial charge in [0.15, 0.2) is 0 Å². The van der Waals surface area contributed by atoms with Crippen LogP contribution < -0.4 is 9.64 Å². The van der Waals surface area contributed by atoms with Crippen molar-refractivity contribution < 1.29 is 28.0 Å². The molecule has 0 radical (unpaired) electrons. The Morgan fingerprint density at radius 1 is 1.12 bits per heavy atom. The van der Waals surface area contributed by atoms with Gasteiger partial charge < -0.3 is 19.1 Å². The summed E-state index contributed by atoms with van der Waals surface area (Å²) in [6.45, 7) is 11.1. The smallest absolute Gasteiger partial charge is 0.285 e. The Labute approximate surface area is 304 Å². The average molecular weight is 718 g/mol. The van der Waals surface area contributed by atoms with E-state index in [2.05, 4.69) is 51.4 Å². The van der Waals surface area contributed by atoms with E-state index in [-0.39, 0.29) is 35.2 Å². The summed E-state index contributed by atoms with van der Waals surface area (Å²) in [7, 11) is -3.08. The van der Waals surface area contributed by atoms with Crippen molar-refractivity contribution in [1.29, 1.82) is 0 Å². The van der Waals surface area contributed by atoms with Crippen LogP contribution in [0.5, 0.6) is 5.75 Å². The minimum atomic E-state index is -3.08. The van der Waals surface area contributed by atoms with Crippen LogP contribution in [0, 0.1) is 18.8 Å². The lowest BCUT2D eigenvalue weighted by atomic mass is 9.68. The number of ketones is 1. The molecule has 51 heavy (non-hydrogen) atoms. The lowest BCUT2D eigenvalue weighted by molar-refractivity contribution is -0.116. The first-order valence-corrected chi connectivity index (χ1v) is 21.1. The van der Waals surface area contributed by atoms with Gasteiger partial charge in [-0.05, 0) is 93.0 Å². The fraction of sp³-hybridized carbons (Fsp3) is 0.610. The van der Waals surface area contributed by atoms with Crippen molar-refractivity contribution >= 4 is 27.1 Å². The van der Waals surface area contributed by atoms with Gasteiger partial charge in [0.2, 0.25) is 0 Å². The summed E-state index contributed by atoms with van der Waals surface area (Å²) < 4.78 is 37.4. The standard InChI is InChI=1S/C41H55N3O6S/c1-3-34(45)27-51(47)23-6-4-5-9-38(49-22-19-43-17-20-48-21-18-43)35-13-11-33(35)26-44-28-41(16-7-8-31-24-30(2)10-14-36(31)41)29-50-39-15-12-32(25-37(39)44)40(46)42-51/h5,9-10,12,14-15,24-25,33,35,38H,3-4,6-8,11,13,16-23,26-29H2,1-2H3/b9-5+/t33-,35+,38-,41-,51+/m0/s1. The zero-order valence-corrected chi connectivity index (χ0v) is 31.3. The Balaban J connectivity index is 1.24. The van der Waals surface area contributed by atoms with Crippen molar-refractivity contribution in [3.63, 3.8) is 0 Å². The van der Waals surface area contributed by atoms with Crippen LogP contribution >= 0.6 is 0 Å². The Hall–Kier alpha value is -3.05. The molecule has 3 heterocycles. The number of anilines is 1. The van der Waals surface area contributed by atoms with E-state index >= 15 is 0 Å². The molecule has 0 aromatic heterocycles. The summed E-state index contributed by atoms with van der Waals surface area (Å²) in [6.07, 6.45) is 11.3. The van der Waals surface area contributed by atoms with E-state index in [1.807, 2.05) is 12.1 Å². The molecule has 2 bridgehead atoms. The number of hydrogen-bond acceptors (Lipinski definition) is 8. The van der Waals surface area contributed by atoms with E-state index < -0.39 is 15.6 Å². The van der Waals surface area contributed by atoms with E-state index in [0.29, 0.717) is 43.5 Å². The molecule has 5 atom stereocenters. The Kier molecular flexibility index (Phi) is 11.3. The number of ether oxygens (including phenoxy) is 3. The summed E-state index contributed by atoms with van der Waals surface area (Å²) in [5, 5.41) is 0. The second-order valence-corrected chi connectivity index (χ2v) is 17.8. The van der Waals surface area contributed by atoms with E-state index in [0.717, 1.165) is 89.5 Å². The summed E-state index contributed by atoms with van der Waals surface area (Å²) >= 11 is 0. The predicted octanol–water partition coefficient (Wildman–Crippen LogP) is 6.15. The van der Waals surface area contributed by atoms with Crippen LogP contribution in [0.2, 0.25) is 0 Å². The molecule has 7 rings (SSSR count). The first-order valence-electron chi connectivity index (χ1n) is 19.2. The molecule has 0 unspecified atom stereocenters. The molecule has 0 N–H and O–H groups in total. The zero-order valence-electron chi connectivity index (χ0n) is 30.5. The molecule has 3 aliphatic heterocycles. The van der Waals surface area contributed by atoms with Crippen LogP contribution in [0.25, 0.3) is 0 Å².